The molecule has 0 aliphatic heterocycles. The molecule has 2 aromatic rings. The largest absolute Gasteiger partial charge is 0.493 e. The van der Waals surface area contributed by atoms with E-state index in [1.54, 1.807) is 0 Å². The minimum absolute atomic E-state index is 0.140. The summed E-state index contributed by atoms with van der Waals surface area (Å²) in [7, 11) is 0. The fourth-order valence-electron chi connectivity index (χ4n) is 2.57. The van der Waals surface area contributed by atoms with Gasteiger partial charge in [-0.3, -0.25) is 0 Å². The van der Waals surface area contributed by atoms with Gasteiger partial charge < -0.3 is 19.3 Å². The number of halogens is 1. The third-order valence-corrected chi connectivity index (χ3v) is 3.88. The normalized spacial score (nSPS) is 10.8. The van der Waals surface area contributed by atoms with Crippen LogP contribution in [0.1, 0.15) is 45.2 Å². The first kappa shape index (κ1) is 28.8. The average molecular weight is 453 g/mol. The van der Waals surface area contributed by atoms with Crippen molar-refractivity contribution in [1.29, 1.82) is 0 Å². The highest BCUT2D eigenvalue weighted by molar-refractivity contribution is 6.15. The molecule has 0 spiro atoms. The molecule has 0 heterocycles. The SMILES string of the molecule is CC.CCl.Cc1ccc(OCCCOc2cccc(CC(OC(C)C)C(=O)O)c2)cc1. The first-order valence-electron chi connectivity index (χ1n) is 10.6. The molecular weight excluding hydrogens is 416 g/mol. The quantitative estimate of drug-likeness (QED) is 0.327. The van der Waals surface area contributed by atoms with Crippen molar-refractivity contribution in [2.45, 2.75) is 59.7 Å². The van der Waals surface area contributed by atoms with E-state index in [1.165, 1.54) is 11.9 Å². The predicted octanol–water partition coefficient (Wildman–Crippen LogP) is 6.14. The number of hydrogen-bond acceptors (Lipinski definition) is 4. The van der Waals surface area contributed by atoms with Gasteiger partial charge in [-0.05, 0) is 50.6 Å². The van der Waals surface area contributed by atoms with Crippen LogP contribution < -0.4 is 9.47 Å². The molecule has 0 aromatic heterocycles. The second kappa shape index (κ2) is 17.4. The van der Waals surface area contributed by atoms with Crippen molar-refractivity contribution >= 4 is 17.6 Å². The van der Waals surface area contributed by atoms with Gasteiger partial charge in [-0.15, -0.1) is 11.6 Å². The number of benzene rings is 2. The molecule has 0 bridgehead atoms. The van der Waals surface area contributed by atoms with Crippen molar-refractivity contribution in [2.75, 3.05) is 19.6 Å². The molecule has 2 aromatic carbocycles. The van der Waals surface area contributed by atoms with Crippen LogP contribution in [0.5, 0.6) is 11.5 Å². The van der Waals surface area contributed by atoms with Crippen molar-refractivity contribution in [2.24, 2.45) is 0 Å². The van der Waals surface area contributed by atoms with Crippen LogP contribution in [0.25, 0.3) is 0 Å². The summed E-state index contributed by atoms with van der Waals surface area (Å²) < 4.78 is 16.9. The monoisotopic (exact) mass is 452 g/mol. The molecule has 0 aliphatic carbocycles. The Kier molecular flexibility index (Phi) is 16.2. The number of carboxylic acids is 1. The Balaban J connectivity index is 0.00000212. The lowest BCUT2D eigenvalue weighted by atomic mass is 10.1. The highest BCUT2D eigenvalue weighted by atomic mass is 35.5. The zero-order chi connectivity index (χ0) is 23.6. The molecular formula is C25H37ClO5. The summed E-state index contributed by atoms with van der Waals surface area (Å²) in [5, 5.41) is 9.29. The number of rotatable bonds is 11. The maximum Gasteiger partial charge on any atom is 0.333 e. The summed E-state index contributed by atoms with van der Waals surface area (Å²) in [4.78, 5) is 11.3. The molecule has 1 unspecified atom stereocenters. The molecule has 0 radical (unpaired) electrons. The Hall–Kier alpha value is -2.24. The van der Waals surface area contributed by atoms with Gasteiger partial charge in [-0.2, -0.15) is 0 Å². The zero-order valence-electron chi connectivity index (χ0n) is 19.6. The molecule has 1 atom stereocenters. The molecule has 6 heteroatoms. The molecule has 31 heavy (non-hydrogen) atoms. The van der Waals surface area contributed by atoms with E-state index in [0.717, 1.165) is 23.5 Å². The predicted molar refractivity (Wildman–Crippen MR) is 128 cm³/mol. The number of aliphatic carboxylic acids is 1. The van der Waals surface area contributed by atoms with E-state index in [2.05, 4.69) is 11.6 Å². The van der Waals surface area contributed by atoms with Gasteiger partial charge in [0.25, 0.3) is 0 Å². The smallest absolute Gasteiger partial charge is 0.333 e. The van der Waals surface area contributed by atoms with Crippen LogP contribution in [0.3, 0.4) is 0 Å². The molecule has 0 fully saturated rings. The van der Waals surface area contributed by atoms with Crippen molar-refractivity contribution in [3.8, 4) is 11.5 Å². The third-order valence-electron chi connectivity index (χ3n) is 3.88. The number of carboxylic acid groups (broad SMARTS) is 1. The number of carbonyl (C=O) groups is 1. The fraction of sp³-hybridized carbons (Fsp3) is 0.480. The zero-order valence-corrected chi connectivity index (χ0v) is 20.3. The van der Waals surface area contributed by atoms with E-state index < -0.39 is 12.1 Å². The van der Waals surface area contributed by atoms with Crippen molar-refractivity contribution in [1.82, 2.24) is 0 Å². The summed E-state index contributed by atoms with van der Waals surface area (Å²) >= 11 is 4.64. The molecule has 0 aliphatic rings. The number of alkyl halides is 1. The third kappa shape index (κ3) is 12.9. The van der Waals surface area contributed by atoms with Gasteiger partial charge in [0, 0.05) is 19.2 Å². The lowest BCUT2D eigenvalue weighted by molar-refractivity contribution is -0.153. The second-order valence-corrected chi connectivity index (χ2v) is 6.73. The maximum atomic E-state index is 11.3. The van der Waals surface area contributed by atoms with Gasteiger partial charge in [0.05, 0.1) is 19.3 Å². The molecule has 0 amide bonds. The number of aryl methyl sites for hydroxylation is 1. The van der Waals surface area contributed by atoms with Gasteiger partial charge >= 0.3 is 5.97 Å². The minimum Gasteiger partial charge on any atom is -0.493 e. The van der Waals surface area contributed by atoms with Gasteiger partial charge in [-0.1, -0.05) is 43.7 Å². The maximum absolute atomic E-state index is 11.3. The van der Waals surface area contributed by atoms with Gasteiger partial charge in [-0.25, -0.2) is 4.79 Å². The molecule has 1 N–H and O–H groups in total. The molecule has 174 valence electrons. The fourth-order valence-corrected chi connectivity index (χ4v) is 2.57. The molecule has 2 rings (SSSR count). The highest BCUT2D eigenvalue weighted by Crippen LogP contribution is 2.17. The van der Waals surface area contributed by atoms with Crippen LogP contribution in [-0.4, -0.2) is 42.9 Å². The van der Waals surface area contributed by atoms with E-state index >= 15 is 0 Å². The Morgan fingerprint density at radius 1 is 0.968 bits per heavy atom. The lowest BCUT2D eigenvalue weighted by Crippen LogP contribution is -2.29. The number of hydrogen-bond donors (Lipinski definition) is 1. The summed E-state index contributed by atoms with van der Waals surface area (Å²) in [5.74, 6) is 0.618. The van der Waals surface area contributed by atoms with E-state index in [4.69, 9.17) is 14.2 Å². The van der Waals surface area contributed by atoms with Gasteiger partial charge in [0.1, 0.15) is 11.5 Å². The van der Waals surface area contributed by atoms with Crippen LogP contribution in [0.4, 0.5) is 0 Å². The Morgan fingerprint density at radius 2 is 1.55 bits per heavy atom. The van der Waals surface area contributed by atoms with E-state index in [0.29, 0.717) is 19.6 Å². The Morgan fingerprint density at radius 3 is 2.10 bits per heavy atom. The summed E-state index contributed by atoms with van der Waals surface area (Å²) in [6.07, 6.45) is 1.54. The van der Waals surface area contributed by atoms with E-state index in [-0.39, 0.29) is 6.10 Å². The van der Waals surface area contributed by atoms with Crippen LogP contribution in [0.2, 0.25) is 0 Å². The average Bonchev–Trinajstić information content (AvgIpc) is 2.77. The van der Waals surface area contributed by atoms with Crippen LogP contribution in [-0.2, 0) is 16.0 Å². The van der Waals surface area contributed by atoms with Gasteiger partial charge in [0.15, 0.2) is 6.10 Å². The summed E-state index contributed by atoms with van der Waals surface area (Å²) in [5.41, 5.74) is 2.07. The summed E-state index contributed by atoms with van der Waals surface area (Å²) in [6, 6.07) is 15.4. The number of ether oxygens (including phenoxy) is 3. The summed E-state index contributed by atoms with van der Waals surface area (Å²) in [6.45, 7) is 10.8. The van der Waals surface area contributed by atoms with Crippen LogP contribution in [0.15, 0.2) is 48.5 Å². The van der Waals surface area contributed by atoms with Crippen LogP contribution >= 0.6 is 11.6 Å². The Bertz CT molecular complexity index is 716. The van der Waals surface area contributed by atoms with E-state index in [1.807, 2.05) is 83.1 Å². The van der Waals surface area contributed by atoms with E-state index in [9.17, 15) is 9.90 Å². The highest BCUT2D eigenvalue weighted by Gasteiger charge is 2.20. The second-order valence-electron chi connectivity index (χ2n) is 6.73. The Labute approximate surface area is 192 Å². The van der Waals surface area contributed by atoms with Crippen molar-refractivity contribution in [3.63, 3.8) is 0 Å². The van der Waals surface area contributed by atoms with Gasteiger partial charge in [0.2, 0.25) is 0 Å². The molecule has 5 nitrogen and oxygen atoms in total. The van der Waals surface area contributed by atoms with Crippen molar-refractivity contribution < 1.29 is 24.1 Å². The first-order chi connectivity index (χ1) is 14.9. The van der Waals surface area contributed by atoms with Crippen molar-refractivity contribution in [3.05, 3.63) is 59.7 Å². The first-order valence-corrected chi connectivity index (χ1v) is 11.4. The topological polar surface area (TPSA) is 65.0 Å². The standard InChI is InChI=1S/C22H28O5.C2H6.CH3Cl/c1-16(2)27-21(22(23)24)15-18-6-4-7-20(14-18)26-13-5-12-25-19-10-8-17(3)9-11-19;2*1-2/h4,6-11,14,16,21H,5,12-13,15H2,1-3H3,(H,23,24);1-2H3;1H3. The lowest BCUT2D eigenvalue weighted by Gasteiger charge is -2.17. The minimum atomic E-state index is -0.955. The molecule has 0 saturated heterocycles. The van der Waals surface area contributed by atoms with Crippen LogP contribution in [0, 0.1) is 6.92 Å². The molecule has 0 saturated carbocycles.